The third-order valence-electron chi connectivity index (χ3n) is 5.98. The summed E-state index contributed by atoms with van der Waals surface area (Å²) in [5.41, 5.74) is -3.17. The molecule has 0 unspecified atom stereocenters. The molecule has 0 saturated heterocycles. The van der Waals surface area contributed by atoms with Crippen LogP contribution in [0, 0.1) is 5.92 Å². The molecule has 0 atom stereocenters. The van der Waals surface area contributed by atoms with Gasteiger partial charge in [-0.15, -0.1) is 0 Å². The van der Waals surface area contributed by atoms with E-state index in [1.165, 1.54) is 0 Å². The fourth-order valence-corrected chi connectivity index (χ4v) is 4.15. The van der Waals surface area contributed by atoms with Crippen LogP contribution in [-0.2, 0) is 17.1 Å². The van der Waals surface area contributed by atoms with Crippen molar-refractivity contribution in [3.63, 3.8) is 0 Å². The number of nitrogens with one attached hydrogen (secondary N) is 1. The Balaban J connectivity index is 1.66. The lowest BCUT2D eigenvalue weighted by molar-refractivity contribution is -0.138. The Hall–Kier alpha value is -3.37. The molecular formula is C23H19F6N3O2. The molecule has 4 rings (SSSR count). The SMILES string of the molecule is O=CC1CCC(n2cc3cc(NC(=O)c4cccc(C(F)(F)F)c4)c(C(F)(F)F)cc3n2)CC1. The zero-order valence-electron chi connectivity index (χ0n) is 17.6. The Morgan fingerprint density at radius 3 is 2.32 bits per heavy atom. The fraction of sp³-hybridized carbons (Fsp3) is 0.348. The molecule has 0 bridgehead atoms. The number of rotatable bonds is 4. The molecule has 3 aromatic rings. The normalized spacial score (nSPS) is 19.2. The van der Waals surface area contributed by atoms with Gasteiger partial charge in [-0.2, -0.15) is 31.4 Å². The Kier molecular flexibility index (Phi) is 6.13. The van der Waals surface area contributed by atoms with E-state index in [0.717, 1.165) is 36.6 Å². The fourth-order valence-electron chi connectivity index (χ4n) is 4.15. The minimum absolute atomic E-state index is 0.0317. The van der Waals surface area contributed by atoms with Crippen molar-refractivity contribution in [2.24, 2.45) is 5.92 Å². The van der Waals surface area contributed by atoms with E-state index in [-0.39, 0.29) is 17.5 Å². The molecule has 1 N–H and O–H groups in total. The number of hydrogen-bond donors (Lipinski definition) is 1. The van der Waals surface area contributed by atoms with Gasteiger partial charge in [-0.25, -0.2) is 0 Å². The maximum Gasteiger partial charge on any atom is 0.418 e. The molecule has 1 heterocycles. The van der Waals surface area contributed by atoms with Crippen LogP contribution in [0.25, 0.3) is 10.9 Å². The third-order valence-corrected chi connectivity index (χ3v) is 5.98. The quantitative estimate of drug-likeness (QED) is 0.352. The molecule has 2 aromatic carbocycles. The second-order valence-corrected chi connectivity index (χ2v) is 8.30. The van der Waals surface area contributed by atoms with Crippen LogP contribution in [0.5, 0.6) is 0 Å². The average Bonchev–Trinajstić information content (AvgIpc) is 3.20. The van der Waals surface area contributed by atoms with Gasteiger partial charge in [0.1, 0.15) is 6.29 Å². The van der Waals surface area contributed by atoms with Crippen molar-refractivity contribution >= 4 is 28.8 Å². The molecule has 180 valence electrons. The van der Waals surface area contributed by atoms with Crippen molar-refractivity contribution in [1.82, 2.24) is 9.78 Å². The zero-order chi connectivity index (χ0) is 24.7. The number of fused-ring (bicyclic) bond motifs is 1. The molecule has 1 saturated carbocycles. The number of anilines is 1. The number of carbonyl (C=O) groups excluding carboxylic acids is 2. The van der Waals surface area contributed by atoms with Crippen LogP contribution in [0.1, 0.15) is 53.2 Å². The molecule has 1 fully saturated rings. The summed E-state index contributed by atoms with van der Waals surface area (Å²) in [4.78, 5) is 23.5. The Bertz CT molecular complexity index is 1220. The van der Waals surface area contributed by atoms with E-state index in [0.29, 0.717) is 37.1 Å². The number of nitrogens with zero attached hydrogens (tertiary/aromatic N) is 2. The highest BCUT2D eigenvalue weighted by Crippen LogP contribution is 2.39. The molecule has 0 aliphatic heterocycles. The number of carbonyl (C=O) groups is 2. The first-order chi connectivity index (χ1) is 16.0. The maximum atomic E-state index is 13.7. The molecular weight excluding hydrogens is 464 g/mol. The van der Waals surface area contributed by atoms with E-state index < -0.39 is 40.6 Å². The highest BCUT2D eigenvalue weighted by atomic mass is 19.4. The van der Waals surface area contributed by atoms with Crippen molar-refractivity contribution in [3.05, 3.63) is 59.3 Å². The van der Waals surface area contributed by atoms with Gasteiger partial charge in [0.2, 0.25) is 0 Å². The lowest BCUT2D eigenvalue weighted by atomic mass is 9.87. The number of aromatic nitrogens is 2. The number of benzene rings is 2. The van der Waals surface area contributed by atoms with Crippen LogP contribution in [-0.4, -0.2) is 22.0 Å². The molecule has 1 aliphatic rings. The molecule has 5 nitrogen and oxygen atoms in total. The predicted molar refractivity (Wildman–Crippen MR) is 111 cm³/mol. The van der Waals surface area contributed by atoms with Crippen molar-refractivity contribution in [2.75, 3.05) is 5.32 Å². The summed E-state index contributed by atoms with van der Waals surface area (Å²) in [5.74, 6) is -1.13. The van der Waals surface area contributed by atoms with Gasteiger partial charge in [-0.05, 0) is 56.0 Å². The molecule has 1 aliphatic carbocycles. The molecule has 0 spiro atoms. The van der Waals surface area contributed by atoms with Crippen LogP contribution >= 0.6 is 0 Å². The van der Waals surface area contributed by atoms with Crippen LogP contribution < -0.4 is 5.32 Å². The Morgan fingerprint density at radius 1 is 1.00 bits per heavy atom. The van der Waals surface area contributed by atoms with Crippen LogP contribution in [0.2, 0.25) is 0 Å². The summed E-state index contributed by atoms with van der Waals surface area (Å²) in [6.45, 7) is 0. The number of alkyl halides is 6. The van der Waals surface area contributed by atoms with Gasteiger partial charge in [0.15, 0.2) is 0 Å². The first-order valence-corrected chi connectivity index (χ1v) is 10.5. The van der Waals surface area contributed by atoms with Gasteiger partial charge in [0.25, 0.3) is 5.91 Å². The maximum absolute atomic E-state index is 13.7. The van der Waals surface area contributed by atoms with Crippen LogP contribution in [0.4, 0.5) is 32.0 Å². The van der Waals surface area contributed by atoms with Gasteiger partial charge in [0.05, 0.1) is 28.4 Å². The topological polar surface area (TPSA) is 64.0 Å². The van der Waals surface area contributed by atoms with E-state index >= 15 is 0 Å². The molecule has 1 aromatic heterocycles. The van der Waals surface area contributed by atoms with Gasteiger partial charge < -0.3 is 10.1 Å². The highest BCUT2D eigenvalue weighted by Gasteiger charge is 2.36. The van der Waals surface area contributed by atoms with E-state index in [1.54, 1.807) is 10.9 Å². The summed E-state index contributed by atoms with van der Waals surface area (Å²) >= 11 is 0. The van der Waals surface area contributed by atoms with Gasteiger partial charge in [0, 0.05) is 23.1 Å². The lowest BCUT2D eigenvalue weighted by Crippen LogP contribution is -2.19. The second-order valence-electron chi connectivity index (χ2n) is 8.30. The average molecular weight is 483 g/mol. The number of hydrogen-bond acceptors (Lipinski definition) is 3. The smallest absolute Gasteiger partial charge is 0.321 e. The van der Waals surface area contributed by atoms with Crippen molar-refractivity contribution in [3.8, 4) is 0 Å². The first kappa shape index (κ1) is 23.8. The summed E-state index contributed by atoms with van der Waals surface area (Å²) in [6, 6.07) is 5.30. The minimum Gasteiger partial charge on any atom is -0.321 e. The van der Waals surface area contributed by atoms with E-state index in [2.05, 4.69) is 10.4 Å². The van der Waals surface area contributed by atoms with E-state index in [4.69, 9.17) is 0 Å². The monoisotopic (exact) mass is 483 g/mol. The zero-order valence-corrected chi connectivity index (χ0v) is 17.6. The van der Waals surface area contributed by atoms with Gasteiger partial charge in [-0.1, -0.05) is 6.07 Å². The van der Waals surface area contributed by atoms with Gasteiger partial charge >= 0.3 is 12.4 Å². The van der Waals surface area contributed by atoms with Crippen molar-refractivity contribution in [2.45, 2.75) is 44.1 Å². The minimum atomic E-state index is -4.84. The Morgan fingerprint density at radius 2 is 1.71 bits per heavy atom. The summed E-state index contributed by atoms with van der Waals surface area (Å²) in [6.07, 6.45) is -4.42. The van der Waals surface area contributed by atoms with Crippen LogP contribution in [0.15, 0.2) is 42.6 Å². The summed E-state index contributed by atoms with van der Waals surface area (Å²) in [5, 5.41) is 6.71. The first-order valence-electron chi connectivity index (χ1n) is 10.5. The molecule has 34 heavy (non-hydrogen) atoms. The van der Waals surface area contributed by atoms with Gasteiger partial charge in [-0.3, -0.25) is 9.48 Å². The lowest BCUT2D eigenvalue weighted by Gasteiger charge is -2.25. The van der Waals surface area contributed by atoms with Crippen molar-refractivity contribution < 1.29 is 35.9 Å². The third kappa shape index (κ3) is 4.92. The summed E-state index contributed by atoms with van der Waals surface area (Å²) < 4.78 is 81.6. The number of amides is 1. The van der Waals surface area contributed by atoms with E-state index in [9.17, 15) is 35.9 Å². The number of aldehydes is 1. The van der Waals surface area contributed by atoms with E-state index in [1.807, 2.05) is 0 Å². The number of halogens is 6. The second kappa shape index (κ2) is 8.77. The summed E-state index contributed by atoms with van der Waals surface area (Å²) in [7, 11) is 0. The largest absolute Gasteiger partial charge is 0.418 e. The molecule has 0 radical (unpaired) electrons. The van der Waals surface area contributed by atoms with Crippen molar-refractivity contribution in [1.29, 1.82) is 0 Å². The molecule has 1 amide bonds. The molecule has 11 heteroatoms. The predicted octanol–water partition coefficient (Wildman–Crippen LogP) is 6.26. The standard InChI is InChI=1S/C23H19F6N3O2/c24-22(25,26)16-3-1-2-14(8-16)21(34)30-20-9-15-11-32(17-6-4-13(12-33)5-7-17)31-19(15)10-18(20)23(27,28)29/h1-3,8-13,17H,4-7H2,(H,30,34). The Labute approximate surface area is 189 Å². The highest BCUT2D eigenvalue weighted by molar-refractivity contribution is 6.05. The van der Waals surface area contributed by atoms with Crippen LogP contribution in [0.3, 0.4) is 0 Å².